The third kappa shape index (κ3) is 3.55. The first-order valence-corrected chi connectivity index (χ1v) is 8.16. The molecule has 2 heterocycles. The Hall–Kier alpha value is -1.13. The average Bonchev–Trinajstić information content (AvgIpc) is 3.18. The van der Waals surface area contributed by atoms with Crippen LogP contribution in [0.2, 0.25) is 5.15 Å². The minimum absolute atomic E-state index is 0.0570. The highest BCUT2D eigenvalue weighted by atomic mass is 35.5. The van der Waals surface area contributed by atoms with Crippen molar-refractivity contribution < 1.29 is 9.53 Å². The molecular weight excluding hydrogens is 288 g/mol. The zero-order valence-corrected chi connectivity index (χ0v) is 12.9. The van der Waals surface area contributed by atoms with Gasteiger partial charge in [-0.2, -0.15) is 0 Å². The highest BCUT2D eigenvalue weighted by molar-refractivity contribution is 6.29. The molecule has 1 saturated heterocycles. The van der Waals surface area contributed by atoms with E-state index in [-0.39, 0.29) is 12.0 Å². The summed E-state index contributed by atoms with van der Waals surface area (Å²) in [5, 5.41) is 0.415. The van der Waals surface area contributed by atoms with Crippen LogP contribution in [0.15, 0.2) is 18.3 Å². The SMILES string of the molecule is O=C(c1ccc(Cl)nc1)N(C[C@@H]1CCCO1)C1CCCC1. The van der Waals surface area contributed by atoms with Crippen molar-refractivity contribution >= 4 is 17.5 Å². The number of hydrogen-bond acceptors (Lipinski definition) is 3. The van der Waals surface area contributed by atoms with Crippen LogP contribution in [0.3, 0.4) is 0 Å². The van der Waals surface area contributed by atoms with Gasteiger partial charge in [0.15, 0.2) is 0 Å². The molecular formula is C16H21ClN2O2. The van der Waals surface area contributed by atoms with Crippen LogP contribution in [0.25, 0.3) is 0 Å². The lowest BCUT2D eigenvalue weighted by Gasteiger charge is -2.31. The molecule has 2 aliphatic rings. The van der Waals surface area contributed by atoms with Crippen molar-refractivity contribution in [3.63, 3.8) is 0 Å². The molecule has 2 fully saturated rings. The minimum Gasteiger partial charge on any atom is -0.376 e. The van der Waals surface area contributed by atoms with Gasteiger partial charge in [0.05, 0.1) is 11.7 Å². The van der Waals surface area contributed by atoms with E-state index in [4.69, 9.17) is 16.3 Å². The van der Waals surface area contributed by atoms with E-state index in [0.29, 0.717) is 23.3 Å². The summed E-state index contributed by atoms with van der Waals surface area (Å²) in [6, 6.07) is 3.78. The number of aromatic nitrogens is 1. The first-order valence-electron chi connectivity index (χ1n) is 7.78. The number of rotatable bonds is 4. The van der Waals surface area contributed by atoms with Crippen LogP contribution in [0, 0.1) is 0 Å². The molecule has 0 unspecified atom stereocenters. The number of nitrogens with zero attached hydrogens (tertiary/aromatic N) is 2. The molecule has 114 valence electrons. The Labute approximate surface area is 130 Å². The molecule has 4 nitrogen and oxygen atoms in total. The lowest BCUT2D eigenvalue weighted by Crippen LogP contribution is -2.43. The molecule has 21 heavy (non-hydrogen) atoms. The normalized spacial score (nSPS) is 22.6. The lowest BCUT2D eigenvalue weighted by molar-refractivity contribution is 0.0420. The molecule has 0 radical (unpaired) electrons. The van der Waals surface area contributed by atoms with Crippen molar-refractivity contribution in [1.29, 1.82) is 0 Å². The Morgan fingerprint density at radius 3 is 2.71 bits per heavy atom. The van der Waals surface area contributed by atoms with Gasteiger partial charge in [0.1, 0.15) is 5.15 Å². The smallest absolute Gasteiger partial charge is 0.255 e. The van der Waals surface area contributed by atoms with Gasteiger partial charge >= 0.3 is 0 Å². The van der Waals surface area contributed by atoms with Gasteiger partial charge in [0, 0.05) is 25.4 Å². The monoisotopic (exact) mass is 308 g/mol. The Balaban J connectivity index is 1.76. The van der Waals surface area contributed by atoms with Gasteiger partial charge in [0.2, 0.25) is 0 Å². The highest BCUT2D eigenvalue weighted by Crippen LogP contribution is 2.27. The topological polar surface area (TPSA) is 42.4 Å². The molecule has 1 atom stereocenters. The van der Waals surface area contributed by atoms with E-state index in [0.717, 1.165) is 32.3 Å². The van der Waals surface area contributed by atoms with E-state index in [1.165, 1.54) is 12.8 Å². The molecule has 1 saturated carbocycles. The molecule has 1 aliphatic carbocycles. The van der Waals surface area contributed by atoms with Crippen LogP contribution in [0.5, 0.6) is 0 Å². The fourth-order valence-electron chi connectivity index (χ4n) is 3.29. The predicted octanol–water partition coefficient (Wildman–Crippen LogP) is 3.30. The second kappa shape index (κ2) is 6.75. The summed E-state index contributed by atoms with van der Waals surface area (Å²) in [7, 11) is 0. The number of amides is 1. The van der Waals surface area contributed by atoms with Crippen LogP contribution in [-0.4, -0.2) is 41.1 Å². The van der Waals surface area contributed by atoms with Gasteiger partial charge in [-0.3, -0.25) is 4.79 Å². The summed E-state index contributed by atoms with van der Waals surface area (Å²) in [6.45, 7) is 1.52. The molecule has 0 bridgehead atoms. The van der Waals surface area contributed by atoms with E-state index < -0.39 is 0 Å². The minimum atomic E-state index is 0.0570. The Kier molecular flexibility index (Phi) is 4.76. The summed E-state index contributed by atoms with van der Waals surface area (Å²) in [5.74, 6) is 0.0570. The standard InChI is InChI=1S/C16H21ClN2O2/c17-15-8-7-12(10-18-15)16(20)19(13-4-1-2-5-13)11-14-6-3-9-21-14/h7-8,10,13-14H,1-6,9,11H2/t14-/m0/s1. The number of halogens is 1. The largest absolute Gasteiger partial charge is 0.376 e. The number of hydrogen-bond donors (Lipinski definition) is 0. The Bertz CT molecular complexity index is 480. The summed E-state index contributed by atoms with van der Waals surface area (Å²) < 4.78 is 5.72. The summed E-state index contributed by atoms with van der Waals surface area (Å²) in [4.78, 5) is 18.9. The quantitative estimate of drug-likeness (QED) is 0.802. The first kappa shape index (κ1) is 14.8. The van der Waals surface area contributed by atoms with Crippen LogP contribution in [0.1, 0.15) is 48.9 Å². The van der Waals surface area contributed by atoms with Crippen molar-refractivity contribution in [2.75, 3.05) is 13.2 Å². The number of pyridine rings is 1. The Morgan fingerprint density at radius 1 is 1.29 bits per heavy atom. The maximum Gasteiger partial charge on any atom is 0.255 e. The van der Waals surface area contributed by atoms with Crippen molar-refractivity contribution in [2.45, 2.75) is 50.7 Å². The number of carbonyl (C=O) groups is 1. The zero-order chi connectivity index (χ0) is 14.7. The van der Waals surface area contributed by atoms with Crippen molar-refractivity contribution in [3.8, 4) is 0 Å². The molecule has 1 amide bonds. The highest BCUT2D eigenvalue weighted by Gasteiger charge is 2.30. The second-order valence-electron chi connectivity index (χ2n) is 5.90. The van der Waals surface area contributed by atoms with Gasteiger partial charge in [-0.1, -0.05) is 24.4 Å². The molecule has 5 heteroatoms. The van der Waals surface area contributed by atoms with Crippen molar-refractivity contribution in [3.05, 3.63) is 29.0 Å². The van der Waals surface area contributed by atoms with E-state index in [2.05, 4.69) is 4.98 Å². The summed E-state index contributed by atoms with van der Waals surface area (Å²) in [5.41, 5.74) is 0.615. The van der Waals surface area contributed by atoms with E-state index in [9.17, 15) is 4.79 Å². The summed E-state index contributed by atoms with van der Waals surface area (Å²) >= 11 is 5.80. The van der Waals surface area contributed by atoms with Crippen LogP contribution in [-0.2, 0) is 4.74 Å². The van der Waals surface area contributed by atoms with Gasteiger partial charge in [-0.05, 0) is 37.8 Å². The van der Waals surface area contributed by atoms with Gasteiger partial charge in [-0.15, -0.1) is 0 Å². The number of ether oxygens (including phenoxy) is 1. The van der Waals surface area contributed by atoms with Crippen molar-refractivity contribution in [2.24, 2.45) is 0 Å². The predicted molar refractivity (Wildman–Crippen MR) is 81.5 cm³/mol. The maximum atomic E-state index is 12.8. The lowest BCUT2D eigenvalue weighted by atomic mass is 10.1. The molecule has 1 aliphatic heterocycles. The third-order valence-corrected chi connectivity index (χ3v) is 4.65. The van der Waals surface area contributed by atoms with Gasteiger partial charge in [-0.25, -0.2) is 4.98 Å². The second-order valence-corrected chi connectivity index (χ2v) is 6.29. The average molecular weight is 309 g/mol. The third-order valence-electron chi connectivity index (χ3n) is 4.42. The molecule has 1 aromatic rings. The first-order chi connectivity index (χ1) is 10.2. The molecule has 0 spiro atoms. The van der Waals surface area contributed by atoms with E-state index in [1.54, 1.807) is 18.3 Å². The van der Waals surface area contributed by atoms with Gasteiger partial charge in [0.25, 0.3) is 5.91 Å². The maximum absolute atomic E-state index is 12.8. The van der Waals surface area contributed by atoms with Crippen molar-refractivity contribution in [1.82, 2.24) is 9.88 Å². The Morgan fingerprint density at radius 2 is 2.10 bits per heavy atom. The molecule has 3 rings (SSSR count). The zero-order valence-electron chi connectivity index (χ0n) is 12.1. The van der Waals surface area contributed by atoms with Crippen LogP contribution < -0.4 is 0 Å². The van der Waals surface area contributed by atoms with E-state index >= 15 is 0 Å². The number of carbonyl (C=O) groups excluding carboxylic acids is 1. The molecule has 1 aromatic heterocycles. The van der Waals surface area contributed by atoms with Gasteiger partial charge < -0.3 is 9.64 Å². The van der Waals surface area contributed by atoms with Crippen LogP contribution in [0.4, 0.5) is 0 Å². The molecule has 0 N–H and O–H groups in total. The fourth-order valence-corrected chi connectivity index (χ4v) is 3.40. The van der Waals surface area contributed by atoms with Crippen LogP contribution >= 0.6 is 11.6 Å². The molecule has 0 aromatic carbocycles. The van der Waals surface area contributed by atoms with E-state index in [1.807, 2.05) is 4.90 Å². The summed E-state index contributed by atoms with van der Waals surface area (Å²) in [6.07, 6.45) is 8.52. The fraction of sp³-hybridized carbons (Fsp3) is 0.625.